The summed E-state index contributed by atoms with van der Waals surface area (Å²) in [5, 5.41) is 5.86. The molecule has 1 aliphatic heterocycles. The zero-order valence-electron chi connectivity index (χ0n) is 20.1. The van der Waals surface area contributed by atoms with Gasteiger partial charge in [0.2, 0.25) is 11.8 Å². The summed E-state index contributed by atoms with van der Waals surface area (Å²) in [6.07, 6.45) is 6.32. The van der Waals surface area contributed by atoms with E-state index in [0.29, 0.717) is 31.2 Å². The van der Waals surface area contributed by atoms with Crippen LogP contribution < -0.4 is 5.32 Å². The molecule has 0 saturated heterocycles. The summed E-state index contributed by atoms with van der Waals surface area (Å²) in [6, 6.07) is 16.0. The molecular formula is C28H27N5O2S. The Morgan fingerprint density at radius 1 is 1.03 bits per heavy atom. The van der Waals surface area contributed by atoms with Crippen LogP contribution in [0.1, 0.15) is 27.9 Å². The van der Waals surface area contributed by atoms with Crippen molar-refractivity contribution in [3.8, 4) is 0 Å². The fourth-order valence-corrected chi connectivity index (χ4v) is 5.25. The number of nitrogens with zero attached hydrogens (tertiary/aromatic N) is 4. The van der Waals surface area contributed by atoms with Crippen LogP contribution in [0.15, 0.2) is 72.3 Å². The van der Waals surface area contributed by atoms with Crippen molar-refractivity contribution in [2.75, 3.05) is 12.3 Å². The maximum atomic E-state index is 13.2. The maximum absolute atomic E-state index is 13.2. The third kappa shape index (κ3) is 5.39. The van der Waals surface area contributed by atoms with E-state index in [1.807, 2.05) is 42.3 Å². The van der Waals surface area contributed by atoms with Crippen LogP contribution in [0.4, 0.5) is 0 Å². The van der Waals surface area contributed by atoms with E-state index in [0.717, 1.165) is 39.6 Å². The van der Waals surface area contributed by atoms with Crippen molar-refractivity contribution >= 4 is 34.3 Å². The van der Waals surface area contributed by atoms with Gasteiger partial charge in [-0.3, -0.25) is 14.6 Å². The predicted octanol–water partition coefficient (Wildman–Crippen LogP) is 3.87. The van der Waals surface area contributed by atoms with E-state index in [-0.39, 0.29) is 17.6 Å². The second kappa shape index (κ2) is 10.9. The van der Waals surface area contributed by atoms with Crippen LogP contribution >= 0.6 is 11.8 Å². The molecule has 0 aliphatic carbocycles. The summed E-state index contributed by atoms with van der Waals surface area (Å²) in [4.78, 5) is 40.4. The van der Waals surface area contributed by atoms with Crippen molar-refractivity contribution in [1.29, 1.82) is 0 Å². The number of amides is 2. The van der Waals surface area contributed by atoms with E-state index in [1.165, 1.54) is 17.3 Å². The predicted molar refractivity (Wildman–Crippen MR) is 140 cm³/mol. The Labute approximate surface area is 214 Å². The summed E-state index contributed by atoms with van der Waals surface area (Å²) in [7, 11) is 0. The first kappa shape index (κ1) is 23.9. The first-order chi connectivity index (χ1) is 17.6. The number of hydrogen-bond donors (Lipinski definition) is 1. The number of carbonyl (C=O) groups excluding carboxylic acids is 2. The number of aromatic nitrogens is 3. The highest BCUT2D eigenvalue weighted by molar-refractivity contribution is 7.99. The second-order valence-electron chi connectivity index (χ2n) is 8.80. The van der Waals surface area contributed by atoms with Crippen molar-refractivity contribution in [3.63, 3.8) is 0 Å². The normalized spacial score (nSPS) is 12.9. The number of rotatable bonds is 7. The highest BCUT2D eigenvalue weighted by Gasteiger charge is 2.24. The molecule has 2 aromatic heterocycles. The molecule has 0 spiro atoms. The second-order valence-corrected chi connectivity index (χ2v) is 9.75. The third-order valence-electron chi connectivity index (χ3n) is 6.51. The minimum atomic E-state index is -0.0767. The van der Waals surface area contributed by atoms with Crippen LogP contribution in [0.25, 0.3) is 10.8 Å². The number of hydrogen-bond acceptors (Lipinski definition) is 6. The van der Waals surface area contributed by atoms with Crippen molar-refractivity contribution in [1.82, 2.24) is 25.2 Å². The Bertz CT molecular complexity index is 1400. The Morgan fingerprint density at radius 2 is 1.83 bits per heavy atom. The van der Waals surface area contributed by atoms with E-state index in [1.54, 1.807) is 18.5 Å². The fraction of sp³-hybridized carbons (Fsp3) is 0.250. The molecule has 182 valence electrons. The molecule has 1 N–H and O–H groups in total. The Kier molecular flexibility index (Phi) is 7.23. The largest absolute Gasteiger partial charge is 0.351 e. The van der Waals surface area contributed by atoms with E-state index in [2.05, 4.69) is 38.5 Å². The van der Waals surface area contributed by atoms with Crippen LogP contribution in [-0.2, 0) is 35.5 Å². The summed E-state index contributed by atoms with van der Waals surface area (Å²) < 4.78 is 0. The van der Waals surface area contributed by atoms with Crippen LogP contribution in [0, 0.1) is 6.92 Å². The van der Waals surface area contributed by atoms with Gasteiger partial charge in [-0.15, -0.1) is 0 Å². The van der Waals surface area contributed by atoms with Gasteiger partial charge < -0.3 is 10.2 Å². The van der Waals surface area contributed by atoms with Gasteiger partial charge in [0.05, 0.1) is 12.2 Å². The van der Waals surface area contributed by atoms with Crippen LogP contribution in [0.2, 0.25) is 0 Å². The molecule has 2 amide bonds. The Morgan fingerprint density at radius 3 is 2.69 bits per heavy atom. The zero-order chi connectivity index (χ0) is 24.9. The number of thioether (sulfide) groups is 1. The monoisotopic (exact) mass is 497 g/mol. The topological polar surface area (TPSA) is 88.1 Å². The number of nitrogens with one attached hydrogen (secondary N) is 1. The quantitative estimate of drug-likeness (QED) is 0.308. The summed E-state index contributed by atoms with van der Waals surface area (Å²) in [5.41, 5.74) is 5.24. The van der Waals surface area contributed by atoms with E-state index < -0.39 is 0 Å². The van der Waals surface area contributed by atoms with Crippen LogP contribution in [0.3, 0.4) is 0 Å². The van der Waals surface area contributed by atoms with E-state index in [9.17, 15) is 9.59 Å². The van der Waals surface area contributed by atoms with Gasteiger partial charge in [-0.25, -0.2) is 9.97 Å². The lowest BCUT2D eigenvalue weighted by Gasteiger charge is -2.31. The first-order valence-corrected chi connectivity index (χ1v) is 12.9. The molecule has 4 aromatic rings. The number of fused-ring (bicyclic) bond motifs is 2. The minimum absolute atomic E-state index is 0.0767. The molecule has 2 aromatic carbocycles. The van der Waals surface area contributed by atoms with Crippen LogP contribution in [0.5, 0.6) is 0 Å². The molecular weight excluding hydrogens is 470 g/mol. The number of aryl methyl sites for hydroxylation is 1. The molecule has 0 fully saturated rings. The van der Waals surface area contributed by atoms with E-state index in [4.69, 9.17) is 0 Å². The molecule has 1 aliphatic rings. The Hall–Kier alpha value is -3.78. The summed E-state index contributed by atoms with van der Waals surface area (Å²) in [5.74, 6) is 0.293. The molecule has 5 rings (SSSR count). The van der Waals surface area contributed by atoms with Gasteiger partial charge in [0.25, 0.3) is 0 Å². The van der Waals surface area contributed by atoms with Crippen LogP contribution in [-0.4, -0.2) is 44.0 Å². The average Bonchev–Trinajstić information content (AvgIpc) is 2.92. The van der Waals surface area contributed by atoms with Gasteiger partial charge in [0.1, 0.15) is 0 Å². The molecule has 7 nitrogen and oxygen atoms in total. The minimum Gasteiger partial charge on any atom is -0.351 e. The maximum Gasteiger partial charge on any atom is 0.230 e. The van der Waals surface area contributed by atoms with Gasteiger partial charge in [-0.1, -0.05) is 54.2 Å². The lowest BCUT2D eigenvalue weighted by molar-refractivity contribution is -0.131. The third-order valence-corrected chi connectivity index (χ3v) is 7.38. The van der Waals surface area contributed by atoms with Crippen molar-refractivity contribution in [2.24, 2.45) is 0 Å². The lowest BCUT2D eigenvalue weighted by Crippen LogP contribution is -2.38. The van der Waals surface area contributed by atoms with Gasteiger partial charge in [0, 0.05) is 43.9 Å². The number of pyridine rings is 1. The average molecular weight is 498 g/mol. The highest BCUT2D eigenvalue weighted by Crippen LogP contribution is 2.26. The molecule has 0 bridgehead atoms. The van der Waals surface area contributed by atoms with Gasteiger partial charge in [-0.2, -0.15) is 0 Å². The smallest absolute Gasteiger partial charge is 0.230 e. The first-order valence-electron chi connectivity index (χ1n) is 12.0. The Balaban J connectivity index is 1.23. The molecule has 0 atom stereocenters. The number of benzene rings is 2. The molecule has 36 heavy (non-hydrogen) atoms. The fourth-order valence-electron chi connectivity index (χ4n) is 4.62. The van der Waals surface area contributed by atoms with Gasteiger partial charge in [0.15, 0.2) is 5.16 Å². The molecule has 3 heterocycles. The lowest BCUT2D eigenvalue weighted by atomic mass is 9.94. The molecule has 0 saturated carbocycles. The summed E-state index contributed by atoms with van der Waals surface area (Å²) in [6.45, 7) is 3.57. The molecule has 0 radical (unpaired) electrons. The van der Waals surface area contributed by atoms with Gasteiger partial charge in [-0.05, 0) is 52.4 Å². The summed E-state index contributed by atoms with van der Waals surface area (Å²) >= 11 is 1.31. The van der Waals surface area contributed by atoms with E-state index >= 15 is 0 Å². The molecule has 8 heteroatoms. The zero-order valence-corrected chi connectivity index (χ0v) is 20.9. The number of carbonyl (C=O) groups is 2. The SMILES string of the molecule is Cc1ncc2c(c1CNC(=O)CSc1ncccn1)CCN(C(=O)Cc1cccc3ccccc13)C2. The van der Waals surface area contributed by atoms with Gasteiger partial charge >= 0.3 is 0 Å². The van der Waals surface area contributed by atoms with Crippen molar-refractivity contribution in [2.45, 2.75) is 38.0 Å². The highest BCUT2D eigenvalue weighted by atomic mass is 32.2. The molecule has 0 unspecified atom stereocenters. The van der Waals surface area contributed by atoms with Crippen molar-refractivity contribution in [3.05, 3.63) is 95.1 Å². The van der Waals surface area contributed by atoms with Crippen molar-refractivity contribution < 1.29 is 9.59 Å². The standard InChI is InChI=1S/C28H27N5O2S/c1-19-25(16-32-26(34)18-36-28-29-11-5-12-30-28)24-10-13-33(17-22(24)15-31-19)27(35)14-21-8-4-7-20-6-2-3-9-23(20)21/h2-9,11-12,15H,10,13-14,16-18H2,1H3,(H,32,34).